The van der Waals surface area contributed by atoms with E-state index in [1.807, 2.05) is 0 Å². The van der Waals surface area contributed by atoms with E-state index in [0.29, 0.717) is 30.3 Å². The Morgan fingerprint density at radius 3 is 2.49 bits per heavy atom. The summed E-state index contributed by atoms with van der Waals surface area (Å²) in [7, 11) is 0. The van der Waals surface area contributed by atoms with Crippen LogP contribution in [-0.2, 0) is 26.6 Å². The average molecular weight is 549 g/mol. The molecule has 0 spiro atoms. The molecule has 3 aliphatic carbocycles. The summed E-state index contributed by atoms with van der Waals surface area (Å²) in [5, 5.41) is 15.4. The Balaban J connectivity index is 1.43. The van der Waals surface area contributed by atoms with Crippen molar-refractivity contribution in [2.24, 2.45) is 5.92 Å². The molecule has 0 radical (unpaired) electrons. The van der Waals surface area contributed by atoms with Gasteiger partial charge in [0.1, 0.15) is 24.1 Å². The second-order valence-electron chi connectivity index (χ2n) is 11.0. The summed E-state index contributed by atoms with van der Waals surface area (Å²) >= 11 is 0. The highest BCUT2D eigenvalue weighted by molar-refractivity contribution is 5.80. The number of carbonyl (C=O) groups excluding carboxylic acids is 1. The van der Waals surface area contributed by atoms with Gasteiger partial charge in [-0.25, -0.2) is 14.4 Å². The Hall–Kier alpha value is -2.76. The highest BCUT2D eigenvalue weighted by atomic mass is 19.3. The van der Waals surface area contributed by atoms with Crippen molar-refractivity contribution < 1.29 is 32.5 Å². The summed E-state index contributed by atoms with van der Waals surface area (Å²) in [5.74, 6) is -3.55. The third-order valence-electron chi connectivity index (χ3n) is 8.26. The number of fused-ring (bicyclic) bond motifs is 3. The van der Waals surface area contributed by atoms with Gasteiger partial charge in [-0.1, -0.05) is 12.1 Å². The number of halogens is 3. The number of benzene rings is 1. The van der Waals surface area contributed by atoms with Crippen molar-refractivity contribution in [3.8, 4) is 0 Å². The molecule has 1 aliphatic heterocycles. The Kier molecular flexibility index (Phi) is 7.85. The van der Waals surface area contributed by atoms with E-state index in [9.17, 15) is 13.6 Å². The van der Waals surface area contributed by atoms with Gasteiger partial charge in [-0.05, 0) is 64.4 Å². The molecule has 3 saturated carbocycles. The van der Waals surface area contributed by atoms with Crippen molar-refractivity contribution in [3.05, 3.63) is 52.2 Å². The predicted molar refractivity (Wildman–Crippen MR) is 137 cm³/mol. The molecule has 6 rings (SSSR count). The number of rotatable bonds is 9. The van der Waals surface area contributed by atoms with Gasteiger partial charge in [-0.2, -0.15) is 8.78 Å². The first-order chi connectivity index (χ1) is 18.6. The smallest absolute Gasteiger partial charge is 0.298 e. The van der Waals surface area contributed by atoms with Crippen LogP contribution in [0.1, 0.15) is 86.0 Å². The Morgan fingerprint density at radius 1 is 1.18 bits per heavy atom. The number of nitrogens with one attached hydrogen (secondary N) is 2. The van der Waals surface area contributed by atoms with Crippen molar-refractivity contribution in [3.63, 3.8) is 0 Å². The van der Waals surface area contributed by atoms with Crippen LogP contribution in [0.15, 0.2) is 18.2 Å². The lowest BCUT2D eigenvalue weighted by Gasteiger charge is -2.47. The number of hydrogen-bond donors (Lipinski definition) is 3. The first-order valence-electron chi connectivity index (χ1n) is 13.6. The summed E-state index contributed by atoms with van der Waals surface area (Å²) < 4.78 is 54.9. The van der Waals surface area contributed by atoms with Crippen molar-refractivity contribution in [1.29, 1.82) is 0 Å². The molecule has 0 unspecified atom stereocenters. The SMILES string of the molecule is Cc1nc(CC(=O)NC23CCC(CC2)CC3)c(C2OCCO2)c(N[C@H](C)c2cccc(C(F)(F)CO)c2F)n1. The van der Waals surface area contributed by atoms with Crippen LogP contribution in [0, 0.1) is 18.7 Å². The number of hydrogen-bond acceptors (Lipinski definition) is 7. The number of nitrogens with zero attached hydrogens (tertiary/aromatic N) is 2. The molecule has 4 aliphatic rings. The minimum atomic E-state index is -3.72. The number of aliphatic hydroxyl groups excluding tert-OH is 1. The van der Waals surface area contributed by atoms with E-state index in [4.69, 9.17) is 14.6 Å². The van der Waals surface area contributed by atoms with Crippen molar-refractivity contribution >= 4 is 11.7 Å². The zero-order chi connectivity index (χ0) is 27.8. The van der Waals surface area contributed by atoms with Gasteiger partial charge in [0.2, 0.25) is 5.91 Å². The fourth-order valence-corrected chi connectivity index (χ4v) is 6.12. The molecular weight excluding hydrogens is 513 g/mol. The van der Waals surface area contributed by atoms with Crippen LogP contribution in [0.25, 0.3) is 0 Å². The minimum absolute atomic E-state index is 0.0112. The molecule has 212 valence electrons. The van der Waals surface area contributed by atoms with E-state index in [0.717, 1.165) is 50.5 Å². The van der Waals surface area contributed by atoms with Crippen molar-refractivity contribution in [2.45, 2.75) is 82.6 Å². The second kappa shape index (κ2) is 11.0. The highest BCUT2D eigenvalue weighted by Gasteiger charge is 2.41. The van der Waals surface area contributed by atoms with E-state index in [1.165, 1.54) is 12.1 Å². The third-order valence-corrected chi connectivity index (χ3v) is 8.26. The number of ether oxygens (including phenoxy) is 2. The Labute approximate surface area is 225 Å². The number of aliphatic hydroxyl groups is 1. The van der Waals surface area contributed by atoms with Gasteiger partial charge in [-0.15, -0.1) is 0 Å². The maximum atomic E-state index is 15.2. The quantitative estimate of drug-likeness (QED) is 0.420. The molecule has 4 fully saturated rings. The Bertz CT molecular complexity index is 1200. The lowest BCUT2D eigenvalue weighted by Crippen LogP contribution is -2.54. The average Bonchev–Trinajstić information content (AvgIpc) is 3.43. The topological polar surface area (TPSA) is 106 Å². The molecule has 39 heavy (non-hydrogen) atoms. The summed E-state index contributed by atoms with van der Waals surface area (Å²) in [5.41, 5.74) is -0.206. The van der Waals surface area contributed by atoms with E-state index in [1.54, 1.807) is 13.8 Å². The minimum Gasteiger partial charge on any atom is -0.390 e. The molecular formula is C28H35F3N4O4. The number of amides is 1. The largest absolute Gasteiger partial charge is 0.390 e. The monoisotopic (exact) mass is 548 g/mol. The molecule has 2 aromatic rings. The lowest BCUT2D eigenvalue weighted by molar-refractivity contribution is -0.123. The number of carbonyl (C=O) groups is 1. The first kappa shape index (κ1) is 27.8. The molecule has 8 nitrogen and oxygen atoms in total. The molecule has 2 heterocycles. The van der Waals surface area contributed by atoms with Crippen LogP contribution in [0.4, 0.5) is 19.0 Å². The Morgan fingerprint density at radius 2 is 1.85 bits per heavy atom. The maximum absolute atomic E-state index is 15.2. The van der Waals surface area contributed by atoms with Gasteiger partial charge in [0.05, 0.1) is 42.5 Å². The van der Waals surface area contributed by atoms with Gasteiger partial charge in [0, 0.05) is 11.1 Å². The maximum Gasteiger partial charge on any atom is 0.298 e. The first-order valence-corrected chi connectivity index (χ1v) is 13.6. The standard InChI is InChI=1S/C28H35F3N4O4/c1-16(19-4-3-5-20(24(19)29)28(30,31)15-36)32-25-23(26-38-12-13-39-26)21(33-17(2)34-25)14-22(37)35-27-9-6-18(7-10-27)8-11-27/h3-5,16,18,26,36H,6-15H2,1-2H3,(H,35,37)(H,32,33,34)/t16-,18?,27?/m1/s1. The van der Waals surface area contributed by atoms with Gasteiger partial charge in [0.15, 0.2) is 6.29 Å². The van der Waals surface area contributed by atoms with Gasteiger partial charge in [0.25, 0.3) is 5.92 Å². The molecule has 11 heteroatoms. The molecule has 1 atom stereocenters. The summed E-state index contributed by atoms with van der Waals surface area (Å²) in [6.45, 7) is 2.48. The molecule has 1 amide bonds. The van der Waals surface area contributed by atoms with Gasteiger partial charge < -0.3 is 25.2 Å². The number of anilines is 1. The summed E-state index contributed by atoms with van der Waals surface area (Å²) in [4.78, 5) is 22.3. The van der Waals surface area contributed by atoms with E-state index in [2.05, 4.69) is 20.6 Å². The van der Waals surface area contributed by atoms with Gasteiger partial charge >= 0.3 is 0 Å². The fraction of sp³-hybridized carbons (Fsp3) is 0.607. The predicted octanol–water partition coefficient (Wildman–Crippen LogP) is 4.61. The molecule has 1 aromatic heterocycles. The van der Waals surface area contributed by atoms with Gasteiger partial charge in [-0.3, -0.25) is 4.79 Å². The lowest BCUT2D eigenvalue weighted by atomic mass is 9.66. The fourth-order valence-electron chi connectivity index (χ4n) is 6.12. The van der Waals surface area contributed by atoms with E-state index >= 15 is 4.39 Å². The van der Waals surface area contributed by atoms with Crippen molar-refractivity contribution in [2.75, 3.05) is 25.1 Å². The van der Waals surface area contributed by atoms with Crippen molar-refractivity contribution in [1.82, 2.24) is 15.3 Å². The zero-order valence-corrected chi connectivity index (χ0v) is 22.2. The second-order valence-corrected chi connectivity index (χ2v) is 11.0. The van der Waals surface area contributed by atoms with E-state index in [-0.39, 0.29) is 29.2 Å². The van der Waals surface area contributed by atoms with Crippen LogP contribution < -0.4 is 10.6 Å². The van der Waals surface area contributed by atoms with Crippen LogP contribution in [0.3, 0.4) is 0 Å². The van der Waals surface area contributed by atoms with E-state index < -0.39 is 36.2 Å². The molecule has 1 saturated heterocycles. The van der Waals surface area contributed by atoms with Crippen LogP contribution in [-0.4, -0.2) is 46.3 Å². The molecule has 3 N–H and O–H groups in total. The van der Waals surface area contributed by atoms with Crippen LogP contribution in [0.5, 0.6) is 0 Å². The molecule has 2 bridgehead atoms. The van der Waals surface area contributed by atoms with Crippen LogP contribution in [0.2, 0.25) is 0 Å². The normalized spacial score (nSPS) is 24.1. The van der Waals surface area contributed by atoms with Crippen LogP contribution >= 0.6 is 0 Å². The third kappa shape index (κ3) is 5.76. The summed E-state index contributed by atoms with van der Waals surface area (Å²) in [6, 6.07) is 2.87. The molecule has 1 aromatic carbocycles. The highest BCUT2D eigenvalue weighted by Crippen LogP contribution is 2.44. The zero-order valence-electron chi connectivity index (χ0n) is 22.2. The number of aromatic nitrogens is 2. The summed E-state index contributed by atoms with van der Waals surface area (Å²) in [6.07, 6.45) is 5.51. The number of aryl methyl sites for hydroxylation is 1. The number of alkyl halides is 2.